The highest BCUT2D eigenvalue weighted by Crippen LogP contribution is 2.38. The summed E-state index contributed by atoms with van der Waals surface area (Å²) in [4.78, 5) is 29.9. The van der Waals surface area contributed by atoms with Crippen LogP contribution in [0.5, 0.6) is 0 Å². The lowest BCUT2D eigenvalue weighted by molar-refractivity contribution is -0.110. The Kier molecular flexibility index (Phi) is 6.87. The summed E-state index contributed by atoms with van der Waals surface area (Å²) in [5.41, 5.74) is 6.31. The molecular weight excluding hydrogens is 448 g/mol. The smallest absolute Gasteiger partial charge is 0.258 e. The molecule has 0 radical (unpaired) electrons. The van der Waals surface area contributed by atoms with Gasteiger partial charge >= 0.3 is 0 Å². The number of carbonyl (C=O) groups is 2. The van der Waals surface area contributed by atoms with Gasteiger partial charge in [0.25, 0.3) is 11.8 Å². The summed E-state index contributed by atoms with van der Waals surface area (Å²) in [6, 6.07) is 23.6. The normalized spacial score (nSPS) is 16.8. The first-order chi connectivity index (χ1) is 17.5. The third-order valence-electron chi connectivity index (χ3n) is 6.81. The molecule has 2 aliphatic rings. The molecule has 3 aromatic rings. The van der Waals surface area contributed by atoms with Crippen LogP contribution in [0.25, 0.3) is 11.3 Å². The van der Waals surface area contributed by atoms with Gasteiger partial charge in [-0.3, -0.25) is 14.5 Å². The van der Waals surface area contributed by atoms with E-state index in [-0.39, 0.29) is 11.8 Å². The monoisotopic (exact) mass is 480 g/mol. The minimum Gasteiger partial charge on any atom is -0.354 e. The van der Waals surface area contributed by atoms with Gasteiger partial charge in [0.2, 0.25) is 0 Å². The maximum Gasteiger partial charge on any atom is 0.258 e. The fraction of sp³-hybridized carbons (Fsp3) is 0.267. The Hall–Kier alpha value is -3.90. The SMILES string of the molecule is CN(C)C(=O)c1ccc2c(c1)/C(=C(/Nc1ccc(CN3CCCCC3)cc1)c1ccccc1)C(=O)N2. The predicted molar refractivity (Wildman–Crippen MR) is 146 cm³/mol. The van der Waals surface area contributed by atoms with Crippen LogP contribution in [0.15, 0.2) is 72.8 Å². The lowest BCUT2D eigenvalue weighted by atomic mass is 9.98. The fourth-order valence-corrected chi connectivity index (χ4v) is 4.90. The number of amides is 2. The van der Waals surface area contributed by atoms with Crippen LogP contribution in [0.3, 0.4) is 0 Å². The number of nitrogens with zero attached hydrogens (tertiary/aromatic N) is 2. The Morgan fingerprint density at radius 1 is 0.917 bits per heavy atom. The molecule has 1 fully saturated rings. The van der Waals surface area contributed by atoms with E-state index in [1.54, 1.807) is 32.3 Å². The zero-order valence-electron chi connectivity index (χ0n) is 20.9. The Labute approximate surface area is 212 Å². The zero-order chi connectivity index (χ0) is 25.1. The van der Waals surface area contributed by atoms with E-state index in [9.17, 15) is 9.59 Å². The quantitative estimate of drug-likeness (QED) is 0.470. The number of hydrogen-bond donors (Lipinski definition) is 2. The second-order valence-corrected chi connectivity index (χ2v) is 9.69. The highest BCUT2D eigenvalue weighted by molar-refractivity contribution is 6.37. The molecule has 0 spiro atoms. The van der Waals surface area contributed by atoms with Gasteiger partial charge in [-0.1, -0.05) is 48.9 Å². The number of carbonyl (C=O) groups excluding carboxylic acids is 2. The highest BCUT2D eigenvalue weighted by atomic mass is 16.2. The summed E-state index contributed by atoms with van der Waals surface area (Å²) in [6.07, 6.45) is 3.88. The fourth-order valence-electron chi connectivity index (χ4n) is 4.90. The molecule has 5 rings (SSSR count). The van der Waals surface area contributed by atoms with Gasteiger partial charge in [-0.05, 0) is 67.4 Å². The summed E-state index contributed by atoms with van der Waals surface area (Å²) in [7, 11) is 3.45. The summed E-state index contributed by atoms with van der Waals surface area (Å²) in [6.45, 7) is 3.29. The molecule has 0 aliphatic carbocycles. The van der Waals surface area contributed by atoms with Crippen molar-refractivity contribution in [2.75, 3.05) is 37.8 Å². The lowest BCUT2D eigenvalue weighted by Crippen LogP contribution is -2.29. The van der Waals surface area contributed by atoms with Crippen molar-refractivity contribution in [3.8, 4) is 0 Å². The number of hydrogen-bond acceptors (Lipinski definition) is 4. The van der Waals surface area contributed by atoms with Gasteiger partial charge in [0.1, 0.15) is 0 Å². The molecule has 2 aliphatic heterocycles. The molecule has 6 nitrogen and oxygen atoms in total. The van der Waals surface area contributed by atoms with Gasteiger partial charge < -0.3 is 15.5 Å². The number of rotatable bonds is 6. The first kappa shape index (κ1) is 23.8. The van der Waals surface area contributed by atoms with Crippen LogP contribution >= 0.6 is 0 Å². The average molecular weight is 481 g/mol. The Bertz CT molecular complexity index is 1290. The molecule has 1 saturated heterocycles. The Morgan fingerprint density at radius 3 is 2.33 bits per heavy atom. The van der Waals surface area contributed by atoms with Crippen LogP contribution in [0.2, 0.25) is 0 Å². The van der Waals surface area contributed by atoms with Gasteiger partial charge in [0, 0.05) is 43.1 Å². The van der Waals surface area contributed by atoms with E-state index < -0.39 is 0 Å². The molecule has 0 saturated carbocycles. The summed E-state index contributed by atoms with van der Waals surface area (Å²) in [5, 5.41) is 6.49. The van der Waals surface area contributed by atoms with Crippen molar-refractivity contribution >= 4 is 34.5 Å². The summed E-state index contributed by atoms with van der Waals surface area (Å²) in [5.74, 6) is -0.289. The van der Waals surface area contributed by atoms with Gasteiger partial charge in [-0.2, -0.15) is 0 Å². The Balaban J connectivity index is 1.50. The zero-order valence-corrected chi connectivity index (χ0v) is 20.9. The maximum absolute atomic E-state index is 13.2. The largest absolute Gasteiger partial charge is 0.354 e. The van der Waals surface area contributed by atoms with Gasteiger partial charge in [0.15, 0.2) is 0 Å². The molecule has 2 amide bonds. The van der Waals surface area contributed by atoms with Crippen LogP contribution in [-0.4, -0.2) is 48.8 Å². The van der Waals surface area contributed by atoms with Crippen LogP contribution in [0.1, 0.15) is 46.3 Å². The van der Waals surface area contributed by atoms with Gasteiger partial charge in [0.05, 0.1) is 11.3 Å². The summed E-state index contributed by atoms with van der Waals surface area (Å²) >= 11 is 0. The molecule has 0 aromatic heterocycles. The maximum atomic E-state index is 13.2. The number of benzene rings is 3. The van der Waals surface area contributed by atoms with E-state index in [1.807, 2.05) is 30.3 Å². The van der Waals surface area contributed by atoms with Crippen LogP contribution < -0.4 is 10.6 Å². The third kappa shape index (κ3) is 5.04. The second-order valence-electron chi connectivity index (χ2n) is 9.69. The standard InChI is InChI=1S/C30H32N4O2/c1-33(2)30(36)23-13-16-26-25(19-23)27(29(35)32-26)28(22-9-5-3-6-10-22)31-24-14-11-21(12-15-24)20-34-17-7-4-8-18-34/h3,5-6,9-16,19,31H,4,7-8,17-18,20H2,1-2H3,(H,32,35)/b28-27-. The van der Waals surface area contributed by atoms with Crippen LogP contribution in [0, 0.1) is 0 Å². The lowest BCUT2D eigenvalue weighted by Gasteiger charge is -2.26. The molecular formula is C30H32N4O2. The minimum atomic E-state index is -0.187. The second kappa shape index (κ2) is 10.4. The number of likely N-dealkylation sites (tertiary alicyclic amines) is 1. The van der Waals surface area contributed by atoms with Crippen molar-refractivity contribution in [2.45, 2.75) is 25.8 Å². The van der Waals surface area contributed by atoms with Crippen molar-refractivity contribution in [2.24, 2.45) is 0 Å². The molecule has 0 bridgehead atoms. The van der Waals surface area contributed by atoms with Gasteiger partial charge in [-0.15, -0.1) is 0 Å². The molecule has 0 unspecified atom stereocenters. The van der Waals surface area contributed by atoms with Crippen molar-refractivity contribution in [3.05, 3.63) is 95.1 Å². The third-order valence-corrected chi connectivity index (χ3v) is 6.81. The van der Waals surface area contributed by atoms with Crippen LogP contribution in [-0.2, 0) is 11.3 Å². The van der Waals surface area contributed by atoms with E-state index in [2.05, 4.69) is 39.8 Å². The predicted octanol–water partition coefficient (Wildman–Crippen LogP) is 5.31. The average Bonchev–Trinajstić information content (AvgIpc) is 3.23. The molecule has 0 atom stereocenters. The molecule has 36 heavy (non-hydrogen) atoms. The van der Waals surface area contributed by atoms with E-state index in [1.165, 1.54) is 29.7 Å². The highest BCUT2D eigenvalue weighted by Gasteiger charge is 2.29. The molecule has 2 heterocycles. The molecule has 6 heteroatoms. The van der Waals surface area contributed by atoms with Gasteiger partial charge in [-0.25, -0.2) is 0 Å². The molecule has 3 aromatic carbocycles. The molecule has 2 N–H and O–H groups in total. The van der Waals surface area contributed by atoms with E-state index in [0.717, 1.165) is 36.4 Å². The van der Waals surface area contributed by atoms with Crippen LogP contribution in [0.4, 0.5) is 11.4 Å². The number of piperidine rings is 1. The minimum absolute atomic E-state index is 0.102. The first-order valence-corrected chi connectivity index (χ1v) is 12.5. The number of nitrogens with one attached hydrogen (secondary N) is 2. The van der Waals surface area contributed by atoms with E-state index in [4.69, 9.17) is 0 Å². The van der Waals surface area contributed by atoms with E-state index >= 15 is 0 Å². The molecule has 184 valence electrons. The van der Waals surface area contributed by atoms with E-state index in [0.29, 0.717) is 22.5 Å². The number of anilines is 2. The van der Waals surface area contributed by atoms with Crippen molar-refractivity contribution in [3.63, 3.8) is 0 Å². The topological polar surface area (TPSA) is 64.7 Å². The summed E-state index contributed by atoms with van der Waals surface area (Å²) < 4.78 is 0. The Morgan fingerprint density at radius 2 is 1.64 bits per heavy atom. The van der Waals surface area contributed by atoms with Crippen molar-refractivity contribution in [1.29, 1.82) is 0 Å². The first-order valence-electron chi connectivity index (χ1n) is 12.5. The van der Waals surface area contributed by atoms with Crippen molar-refractivity contribution < 1.29 is 9.59 Å². The van der Waals surface area contributed by atoms with Crippen molar-refractivity contribution in [1.82, 2.24) is 9.80 Å². The number of fused-ring (bicyclic) bond motifs is 1.